The summed E-state index contributed by atoms with van der Waals surface area (Å²) in [7, 11) is 1.58. The summed E-state index contributed by atoms with van der Waals surface area (Å²) >= 11 is 0. The molecule has 0 radical (unpaired) electrons. The van der Waals surface area contributed by atoms with Gasteiger partial charge in [-0.15, -0.1) is 6.58 Å². The van der Waals surface area contributed by atoms with E-state index in [1.165, 1.54) is 0 Å². The molecular formula is C8H16N2O2. The zero-order valence-corrected chi connectivity index (χ0v) is 7.43. The van der Waals surface area contributed by atoms with Crippen molar-refractivity contribution in [2.75, 3.05) is 26.8 Å². The SMILES string of the molecule is C=CCCOCCNC(=O)NC. The van der Waals surface area contributed by atoms with E-state index in [-0.39, 0.29) is 6.03 Å². The molecule has 2 N–H and O–H groups in total. The highest BCUT2D eigenvalue weighted by atomic mass is 16.5. The van der Waals surface area contributed by atoms with E-state index in [2.05, 4.69) is 17.2 Å². The zero-order chi connectivity index (χ0) is 9.23. The lowest BCUT2D eigenvalue weighted by Gasteiger charge is -2.04. The lowest BCUT2D eigenvalue weighted by atomic mass is 10.4. The molecule has 0 rings (SSSR count). The number of hydrogen-bond donors (Lipinski definition) is 2. The molecule has 0 unspecified atom stereocenters. The Bertz CT molecular complexity index is 137. The number of ether oxygens (including phenoxy) is 1. The topological polar surface area (TPSA) is 50.4 Å². The van der Waals surface area contributed by atoms with Crippen molar-refractivity contribution in [3.8, 4) is 0 Å². The van der Waals surface area contributed by atoms with E-state index in [1.807, 2.05) is 0 Å². The average Bonchev–Trinajstić information content (AvgIpc) is 2.10. The van der Waals surface area contributed by atoms with Crippen LogP contribution >= 0.6 is 0 Å². The summed E-state index contributed by atoms with van der Waals surface area (Å²) in [5.41, 5.74) is 0. The van der Waals surface area contributed by atoms with Gasteiger partial charge in [0, 0.05) is 13.6 Å². The second-order valence-electron chi connectivity index (χ2n) is 2.20. The molecular weight excluding hydrogens is 156 g/mol. The normalized spacial score (nSPS) is 9.08. The fourth-order valence-corrected chi connectivity index (χ4v) is 0.594. The first-order valence-corrected chi connectivity index (χ1v) is 3.95. The third-order valence-corrected chi connectivity index (χ3v) is 1.23. The molecule has 4 heteroatoms. The van der Waals surface area contributed by atoms with Crippen LogP contribution in [0.25, 0.3) is 0 Å². The van der Waals surface area contributed by atoms with Crippen molar-refractivity contribution < 1.29 is 9.53 Å². The first-order chi connectivity index (χ1) is 5.81. The van der Waals surface area contributed by atoms with E-state index in [0.717, 1.165) is 6.42 Å². The van der Waals surface area contributed by atoms with E-state index in [1.54, 1.807) is 13.1 Å². The molecule has 70 valence electrons. The Morgan fingerprint density at radius 2 is 2.33 bits per heavy atom. The van der Waals surface area contributed by atoms with Crippen LogP contribution in [0.15, 0.2) is 12.7 Å². The minimum atomic E-state index is -0.178. The predicted octanol–water partition coefficient (Wildman–Crippen LogP) is 0.508. The van der Waals surface area contributed by atoms with E-state index in [4.69, 9.17) is 4.74 Å². The summed E-state index contributed by atoms with van der Waals surface area (Å²) in [6.07, 6.45) is 2.64. The standard InChI is InChI=1S/C8H16N2O2/c1-3-4-6-12-7-5-10-8(11)9-2/h3H,1,4-7H2,2H3,(H2,9,10,11). The van der Waals surface area contributed by atoms with E-state index < -0.39 is 0 Å². The van der Waals surface area contributed by atoms with Crippen molar-refractivity contribution in [2.45, 2.75) is 6.42 Å². The maximum absolute atomic E-state index is 10.6. The Labute approximate surface area is 73.0 Å². The highest BCUT2D eigenvalue weighted by Gasteiger charge is 1.92. The fraction of sp³-hybridized carbons (Fsp3) is 0.625. The summed E-state index contributed by atoms with van der Waals surface area (Å²) in [4.78, 5) is 10.6. The number of hydrogen-bond acceptors (Lipinski definition) is 2. The molecule has 12 heavy (non-hydrogen) atoms. The van der Waals surface area contributed by atoms with Crippen LogP contribution in [0.2, 0.25) is 0 Å². The molecule has 0 aliphatic rings. The van der Waals surface area contributed by atoms with Gasteiger partial charge in [-0.2, -0.15) is 0 Å². The minimum Gasteiger partial charge on any atom is -0.379 e. The minimum absolute atomic E-state index is 0.178. The quantitative estimate of drug-likeness (QED) is 0.453. The fourth-order valence-electron chi connectivity index (χ4n) is 0.594. The van der Waals surface area contributed by atoms with Gasteiger partial charge in [-0.05, 0) is 6.42 Å². The maximum Gasteiger partial charge on any atom is 0.314 e. The van der Waals surface area contributed by atoms with Crippen LogP contribution in [0.3, 0.4) is 0 Å². The smallest absolute Gasteiger partial charge is 0.314 e. The molecule has 0 aromatic carbocycles. The van der Waals surface area contributed by atoms with Gasteiger partial charge in [0.05, 0.1) is 13.2 Å². The van der Waals surface area contributed by atoms with Crippen molar-refractivity contribution >= 4 is 6.03 Å². The van der Waals surface area contributed by atoms with Crippen LogP contribution in [0.1, 0.15) is 6.42 Å². The maximum atomic E-state index is 10.6. The summed E-state index contributed by atoms with van der Waals surface area (Å²) in [5, 5.41) is 5.05. The number of nitrogens with one attached hydrogen (secondary N) is 2. The molecule has 0 bridgehead atoms. The Balaban J connectivity index is 3.00. The molecule has 0 fully saturated rings. The number of urea groups is 1. The van der Waals surface area contributed by atoms with Crippen molar-refractivity contribution in [1.29, 1.82) is 0 Å². The van der Waals surface area contributed by atoms with Gasteiger partial charge in [0.25, 0.3) is 0 Å². The Hall–Kier alpha value is -1.03. The van der Waals surface area contributed by atoms with Gasteiger partial charge in [-0.25, -0.2) is 4.79 Å². The van der Waals surface area contributed by atoms with Crippen LogP contribution in [-0.2, 0) is 4.74 Å². The molecule has 4 nitrogen and oxygen atoms in total. The van der Waals surface area contributed by atoms with E-state index in [9.17, 15) is 4.79 Å². The first kappa shape index (κ1) is 11.0. The molecule has 0 heterocycles. The van der Waals surface area contributed by atoms with Crippen LogP contribution in [-0.4, -0.2) is 32.8 Å². The third-order valence-electron chi connectivity index (χ3n) is 1.23. The van der Waals surface area contributed by atoms with Crippen molar-refractivity contribution in [3.05, 3.63) is 12.7 Å². The van der Waals surface area contributed by atoms with Crippen LogP contribution in [0, 0.1) is 0 Å². The Kier molecular flexibility index (Phi) is 7.38. The molecule has 0 aromatic heterocycles. The van der Waals surface area contributed by atoms with Gasteiger partial charge in [0.2, 0.25) is 0 Å². The molecule has 0 atom stereocenters. The average molecular weight is 172 g/mol. The van der Waals surface area contributed by atoms with Crippen LogP contribution in [0.4, 0.5) is 4.79 Å². The number of carbonyl (C=O) groups is 1. The van der Waals surface area contributed by atoms with Gasteiger partial charge < -0.3 is 15.4 Å². The second kappa shape index (κ2) is 8.07. The van der Waals surface area contributed by atoms with E-state index in [0.29, 0.717) is 19.8 Å². The molecule has 0 saturated carbocycles. The Morgan fingerprint density at radius 1 is 1.58 bits per heavy atom. The summed E-state index contributed by atoms with van der Waals surface area (Å²) in [5.74, 6) is 0. The molecule has 0 spiro atoms. The van der Waals surface area contributed by atoms with Gasteiger partial charge >= 0.3 is 6.03 Å². The largest absolute Gasteiger partial charge is 0.379 e. The van der Waals surface area contributed by atoms with E-state index >= 15 is 0 Å². The van der Waals surface area contributed by atoms with Crippen molar-refractivity contribution in [1.82, 2.24) is 10.6 Å². The predicted molar refractivity (Wildman–Crippen MR) is 48.1 cm³/mol. The zero-order valence-electron chi connectivity index (χ0n) is 7.43. The molecule has 0 aliphatic carbocycles. The van der Waals surface area contributed by atoms with Crippen molar-refractivity contribution in [3.63, 3.8) is 0 Å². The van der Waals surface area contributed by atoms with Gasteiger partial charge in [0.1, 0.15) is 0 Å². The Morgan fingerprint density at radius 3 is 2.92 bits per heavy atom. The van der Waals surface area contributed by atoms with Crippen LogP contribution < -0.4 is 10.6 Å². The number of rotatable bonds is 6. The summed E-state index contributed by atoms with van der Waals surface area (Å²) in [6, 6.07) is -0.178. The molecule has 0 saturated heterocycles. The molecule has 2 amide bonds. The number of amides is 2. The highest BCUT2D eigenvalue weighted by Crippen LogP contribution is 1.81. The first-order valence-electron chi connectivity index (χ1n) is 3.95. The van der Waals surface area contributed by atoms with Gasteiger partial charge in [-0.3, -0.25) is 0 Å². The van der Waals surface area contributed by atoms with Gasteiger partial charge in [0.15, 0.2) is 0 Å². The lowest BCUT2D eigenvalue weighted by Crippen LogP contribution is -2.34. The second-order valence-corrected chi connectivity index (χ2v) is 2.20. The monoisotopic (exact) mass is 172 g/mol. The van der Waals surface area contributed by atoms with Crippen LogP contribution in [0.5, 0.6) is 0 Å². The van der Waals surface area contributed by atoms with Crippen molar-refractivity contribution in [2.24, 2.45) is 0 Å². The molecule has 0 aromatic rings. The summed E-state index contributed by atoms with van der Waals surface area (Å²) in [6.45, 7) is 5.31. The summed E-state index contributed by atoms with van der Waals surface area (Å²) < 4.78 is 5.16. The highest BCUT2D eigenvalue weighted by molar-refractivity contribution is 5.73. The lowest BCUT2D eigenvalue weighted by molar-refractivity contribution is 0.141. The van der Waals surface area contributed by atoms with Gasteiger partial charge in [-0.1, -0.05) is 6.08 Å². The number of carbonyl (C=O) groups excluding carboxylic acids is 1. The third kappa shape index (κ3) is 7.08. The molecule has 0 aliphatic heterocycles.